The molecule has 1 aliphatic rings. The van der Waals surface area contributed by atoms with Crippen LogP contribution in [0.2, 0.25) is 0 Å². The summed E-state index contributed by atoms with van der Waals surface area (Å²) in [5.74, 6) is 0. The third-order valence-electron chi connectivity index (χ3n) is 2.02. The molecule has 2 unspecified atom stereocenters. The van der Waals surface area contributed by atoms with Gasteiger partial charge in [0, 0.05) is 13.5 Å². The fraction of sp³-hybridized carbons (Fsp3) is 0.750. The van der Waals surface area contributed by atoms with Crippen molar-refractivity contribution in [3.63, 3.8) is 0 Å². The highest BCUT2D eigenvalue weighted by molar-refractivity contribution is 5.06. The van der Waals surface area contributed by atoms with Crippen molar-refractivity contribution in [1.82, 2.24) is 0 Å². The largest absolute Gasteiger partial charge is 0.393 e. The van der Waals surface area contributed by atoms with Crippen molar-refractivity contribution in [2.75, 3.05) is 7.11 Å². The van der Waals surface area contributed by atoms with Gasteiger partial charge in [0.2, 0.25) is 0 Å². The Labute approximate surface area is 61.5 Å². The minimum absolute atomic E-state index is 0.0868. The Morgan fingerprint density at radius 3 is 2.90 bits per heavy atom. The monoisotopic (exact) mass is 142 g/mol. The molecule has 58 valence electrons. The van der Waals surface area contributed by atoms with Crippen LogP contribution in [-0.4, -0.2) is 24.4 Å². The molecule has 10 heavy (non-hydrogen) atoms. The van der Waals surface area contributed by atoms with Gasteiger partial charge in [-0.1, -0.05) is 6.58 Å². The zero-order valence-corrected chi connectivity index (χ0v) is 6.34. The van der Waals surface area contributed by atoms with Gasteiger partial charge in [-0.15, -0.1) is 0 Å². The van der Waals surface area contributed by atoms with Crippen LogP contribution in [0.3, 0.4) is 0 Å². The summed E-state index contributed by atoms with van der Waals surface area (Å²) in [5.41, 5.74) is 1.12. The van der Waals surface area contributed by atoms with Gasteiger partial charge in [0.05, 0.1) is 12.2 Å². The Morgan fingerprint density at radius 2 is 2.40 bits per heavy atom. The molecular weight excluding hydrogens is 128 g/mol. The summed E-state index contributed by atoms with van der Waals surface area (Å²) >= 11 is 0. The summed E-state index contributed by atoms with van der Waals surface area (Å²) in [5, 5.41) is 9.21. The van der Waals surface area contributed by atoms with E-state index in [1.165, 1.54) is 0 Å². The lowest BCUT2D eigenvalue weighted by molar-refractivity contribution is 0.0426. The number of hydrogen-bond acceptors (Lipinski definition) is 2. The maximum Gasteiger partial charge on any atom is 0.0803 e. The van der Waals surface area contributed by atoms with Gasteiger partial charge in [-0.25, -0.2) is 0 Å². The van der Waals surface area contributed by atoms with E-state index >= 15 is 0 Å². The number of hydrogen-bond donors (Lipinski definition) is 1. The Morgan fingerprint density at radius 1 is 1.70 bits per heavy atom. The second kappa shape index (κ2) is 3.17. The smallest absolute Gasteiger partial charge is 0.0803 e. The number of methoxy groups -OCH3 is 1. The average Bonchev–Trinajstić information content (AvgIpc) is 1.94. The quantitative estimate of drug-likeness (QED) is 0.555. The Balaban J connectivity index is 2.45. The van der Waals surface area contributed by atoms with E-state index < -0.39 is 0 Å². The minimum atomic E-state index is -0.185. The standard InChI is InChI=1S/C8H14O2/c1-6-3-4-7(9)5-8(6)10-2/h7-9H,1,3-5H2,2H3. The van der Waals surface area contributed by atoms with Gasteiger partial charge in [-0.2, -0.15) is 0 Å². The van der Waals surface area contributed by atoms with Crippen LogP contribution >= 0.6 is 0 Å². The molecule has 0 heterocycles. The Bertz CT molecular complexity index is 131. The van der Waals surface area contributed by atoms with Crippen molar-refractivity contribution in [3.8, 4) is 0 Å². The number of aliphatic hydroxyl groups excluding tert-OH is 1. The zero-order chi connectivity index (χ0) is 7.56. The molecule has 0 radical (unpaired) electrons. The lowest BCUT2D eigenvalue weighted by Gasteiger charge is -2.26. The first kappa shape index (κ1) is 7.76. The van der Waals surface area contributed by atoms with Crippen molar-refractivity contribution >= 4 is 0 Å². The first-order valence-corrected chi connectivity index (χ1v) is 3.62. The fourth-order valence-electron chi connectivity index (χ4n) is 1.31. The molecule has 0 spiro atoms. The highest BCUT2D eigenvalue weighted by atomic mass is 16.5. The van der Waals surface area contributed by atoms with E-state index in [2.05, 4.69) is 6.58 Å². The molecule has 2 heteroatoms. The van der Waals surface area contributed by atoms with E-state index in [1.54, 1.807) is 7.11 Å². The summed E-state index contributed by atoms with van der Waals surface area (Å²) in [6.45, 7) is 3.86. The second-order valence-corrected chi connectivity index (χ2v) is 2.81. The van der Waals surface area contributed by atoms with Crippen LogP contribution in [0.15, 0.2) is 12.2 Å². The zero-order valence-electron chi connectivity index (χ0n) is 6.34. The van der Waals surface area contributed by atoms with Gasteiger partial charge < -0.3 is 9.84 Å². The molecule has 2 atom stereocenters. The van der Waals surface area contributed by atoms with E-state index in [0.29, 0.717) is 0 Å². The molecule has 1 N–H and O–H groups in total. The maximum absolute atomic E-state index is 9.21. The molecule has 0 aliphatic heterocycles. The first-order chi connectivity index (χ1) is 4.74. The molecule has 0 amide bonds. The molecular formula is C8H14O2. The normalized spacial score (nSPS) is 34.4. The molecule has 2 nitrogen and oxygen atoms in total. The molecule has 1 fully saturated rings. The predicted molar refractivity (Wildman–Crippen MR) is 39.8 cm³/mol. The van der Waals surface area contributed by atoms with Gasteiger partial charge in [0.1, 0.15) is 0 Å². The Kier molecular flexibility index (Phi) is 2.46. The lowest BCUT2D eigenvalue weighted by Crippen LogP contribution is -2.26. The highest BCUT2D eigenvalue weighted by Gasteiger charge is 2.22. The van der Waals surface area contributed by atoms with Crippen LogP contribution in [0.5, 0.6) is 0 Å². The minimum Gasteiger partial charge on any atom is -0.393 e. The molecule has 0 saturated heterocycles. The lowest BCUT2D eigenvalue weighted by atomic mass is 9.91. The van der Waals surface area contributed by atoms with Crippen LogP contribution in [0.25, 0.3) is 0 Å². The van der Waals surface area contributed by atoms with Gasteiger partial charge in [-0.3, -0.25) is 0 Å². The van der Waals surface area contributed by atoms with Gasteiger partial charge in [0.25, 0.3) is 0 Å². The third kappa shape index (κ3) is 1.58. The van der Waals surface area contributed by atoms with E-state index in [0.717, 1.165) is 24.8 Å². The number of aliphatic hydroxyl groups is 1. The molecule has 0 aromatic rings. The predicted octanol–water partition coefficient (Wildman–Crippen LogP) is 1.10. The highest BCUT2D eigenvalue weighted by Crippen LogP contribution is 2.24. The number of rotatable bonds is 1. The summed E-state index contributed by atoms with van der Waals surface area (Å²) in [7, 11) is 1.66. The summed E-state index contributed by atoms with van der Waals surface area (Å²) in [6, 6.07) is 0. The molecule has 0 aromatic heterocycles. The van der Waals surface area contributed by atoms with E-state index in [4.69, 9.17) is 4.74 Å². The summed E-state index contributed by atoms with van der Waals surface area (Å²) in [4.78, 5) is 0. The van der Waals surface area contributed by atoms with Crippen LogP contribution < -0.4 is 0 Å². The molecule has 1 saturated carbocycles. The van der Waals surface area contributed by atoms with Crippen LogP contribution in [-0.2, 0) is 4.74 Å². The van der Waals surface area contributed by atoms with Gasteiger partial charge >= 0.3 is 0 Å². The topological polar surface area (TPSA) is 29.5 Å². The third-order valence-corrected chi connectivity index (χ3v) is 2.02. The average molecular weight is 142 g/mol. The van der Waals surface area contributed by atoms with E-state index in [1.807, 2.05) is 0 Å². The fourth-order valence-corrected chi connectivity index (χ4v) is 1.31. The van der Waals surface area contributed by atoms with Crippen molar-refractivity contribution in [3.05, 3.63) is 12.2 Å². The molecule has 1 rings (SSSR count). The molecule has 0 bridgehead atoms. The van der Waals surface area contributed by atoms with Gasteiger partial charge in [-0.05, 0) is 18.4 Å². The van der Waals surface area contributed by atoms with Crippen molar-refractivity contribution < 1.29 is 9.84 Å². The van der Waals surface area contributed by atoms with Gasteiger partial charge in [0.15, 0.2) is 0 Å². The number of ether oxygens (including phenoxy) is 1. The molecule has 0 aromatic carbocycles. The molecule has 1 aliphatic carbocycles. The van der Waals surface area contributed by atoms with Crippen LogP contribution in [0.4, 0.5) is 0 Å². The second-order valence-electron chi connectivity index (χ2n) is 2.81. The van der Waals surface area contributed by atoms with E-state index in [9.17, 15) is 5.11 Å². The van der Waals surface area contributed by atoms with Crippen LogP contribution in [0.1, 0.15) is 19.3 Å². The summed E-state index contributed by atoms with van der Waals surface area (Å²) < 4.78 is 5.11. The summed E-state index contributed by atoms with van der Waals surface area (Å²) in [6.07, 6.45) is 2.37. The van der Waals surface area contributed by atoms with Crippen molar-refractivity contribution in [2.45, 2.75) is 31.5 Å². The van der Waals surface area contributed by atoms with Crippen molar-refractivity contribution in [2.24, 2.45) is 0 Å². The SMILES string of the molecule is C=C1CCC(O)CC1OC. The maximum atomic E-state index is 9.21. The van der Waals surface area contributed by atoms with Crippen LogP contribution in [0, 0.1) is 0 Å². The van der Waals surface area contributed by atoms with E-state index in [-0.39, 0.29) is 12.2 Å². The first-order valence-electron chi connectivity index (χ1n) is 3.62. The van der Waals surface area contributed by atoms with Crippen molar-refractivity contribution in [1.29, 1.82) is 0 Å². The Hall–Kier alpha value is -0.340.